The van der Waals surface area contributed by atoms with Crippen LogP contribution in [0.5, 0.6) is 0 Å². The van der Waals surface area contributed by atoms with E-state index in [1.807, 2.05) is 0 Å². The Morgan fingerprint density at radius 1 is 1.61 bits per heavy atom. The van der Waals surface area contributed by atoms with Crippen LogP contribution in [0.2, 0.25) is 0 Å². The molecule has 1 aromatic rings. The van der Waals surface area contributed by atoms with Crippen molar-refractivity contribution in [3.63, 3.8) is 0 Å². The second-order valence-electron chi connectivity index (χ2n) is 5.50. The van der Waals surface area contributed by atoms with Gasteiger partial charge in [0.25, 0.3) is 0 Å². The molecule has 1 aromatic heterocycles. The molecule has 2 fully saturated rings. The number of amides is 1. The van der Waals surface area contributed by atoms with E-state index >= 15 is 0 Å². The van der Waals surface area contributed by atoms with Crippen LogP contribution in [0, 0.1) is 5.92 Å². The number of aliphatic hydroxyl groups is 1. The predicted octanol–water partition coefficient (Wildman–Crippen LogP) is -0.597. The van der Waals surface area contributed by atoms with Crippen molar-refractivity contribution in [2.75, 3.05) is 13.1 Å². The largest absolute Gasteiger partial charge is 0.386 e. The first kappa shape index (κ1) is 11.7. The van der Waals surface area contributed by atoms with Gasteiger partial charge in [-0.25, -0.2) is 0 Å². The number of aromatic nitrogens is 2. The highest BCUT2D eigenvalue weighted by atomic mass is 16.3. The highest BCUT2D eigenvalue weighted by Gasteiger charge is 2.53. The summed E-state index contributed by atoms with van der Waals surface area (Å²) in [6.45, 7) is 0.842. The molecule has 0 aromatic carbocycles. The zero-order valence-corrected chi connectivity index (χ0v) is 10.4. The summed E-state index contributed by atoms with van der Waals surface area (Å²) in [5.41, 5.74) is 5.98. The van der Waals surface area contributed by atoms with Gasteiger partial charge in [-0.3, -0.25) is 9.48 Å². The molecule has 98 valence electrons. The van der Waals surface area contributed by atoms with Gasteiger partial charge in [0.15, 0.2) is 0 Å². The van der Waals surface area contributed by atoms with E-state index in [0.717, 1.165) is 12.8 Å². The van der Waals surface area contributed by atoms with E-state index in [1.54, 1.807) is 29.0 Å². The monoisotopic (exact) mass is 250 g/mol. The number of nitrogens with two attached hydrogens (primary N) is 1. The maximum absolute atomic E-state index is 12.1. The fourth-order valence-electron chi connectivity index (χ4n) is 2.59. The van der Waals surface area contributed by atoms with Crippen molar-refractivity contribution in [1.82, 2.24) is 14.7 Å². The second kappa shape index (κ2) is 3.80. The summed E-state index contributed by atoms with van der Waals surface area (Å²) >= 11 is 0. The summed E-state index contributed by atoms with van der Waals surface area (Å²) in [4.78, 5) is 13.8. The minimum Gasteiger partial charge on any atom is -0.386 e. The number of hydrogen-bond acceptors (Lipinski definition) is 4. The summed E-state index contributed by atoms with van der Waals surface area (Å²) in [6.07, 6.45) is 5.51. The zero-order valence-electron chi connectivity index (χ0n) is 10.4. The minimum atomic E-state index is -0.678. The molecule has 0 bridgehead atoms. The van der Waals surface area contributed by atoms with Gasteiger partial charge < -0.3 is 15.7 Å². The lowest BCUT2D eigenvalue weighted by molar-refractivity contribution is -0.160. The maximum atomic E-state index is 12.1. The highest BCUT2D eigenvalue weighted by Crippen LogP contribution is 2.44. The van der Waals surface area contributed by atoms with E-state index < -0.39 is 11.6 Å². The van der Waals surface area contributed by atoms with Crippen LogP contribution in [0.25, 0.3) is 0 Å². The van der Waals surface area contributed by atoms with Gasteiger partial charge in [0.1, 0.15) is 11.6 Å². The first-order valence-corrected chi connectivity index (χ1v) is 6.25. The lowest BCUT2D eigenvalue weighted by atomic mass is 9.88. The van der Waals surface area contributed by atoms with Crippen LogP contribution < -0.4 is 5.73 Å². The molecule has 1 unspecified atom stereocenters. The lowest BCUT2D eigenvalue weighted by Gasteiger charge is -2.47. The van der Waals surface area contributed by atoms with Gasteiger partial charge in [0, 0.05) is 18.8 Å². The molecule has 2 heterocycles. The third-order valence-electron chi connectivity index (χ3n) is 3.93. The van der Waals surface area contributed by atoms with Crippen LogP contribution >= 0.6 is 0 Å². The molecule has 6 heteroatoms. The van der Waals surface area contributed by atoms with E-state index in [0.29, 0.717) is 24.6 Å². The Hall–Kier alpha value is -1.40. The quantitative estimate of drug-likeness (QED) is 0.750. The summed E-state index contributed by atoms with van der Waals surface area (Å²) in [5, 5.41) is 14.2. The summed E-state index contributed by atoms with van der Waals surface area (Å²) in [6, 6.07) is -0.678. The number of likely N-dealkylation sites (tertiary alicyclic amines) is 1. The normalized spacial score (nSPS) is 23.6. The molecule has 1 aliphatic carbocycles. The fourth-order valence-corrected chi connectivity index (χ4v) is 2.59. The molecule has 1 saturated heterocycles. The molecular weight excluding hydrogens is 232 g/mol. The molecular formula is C12H18N4O2. The number of aryl methyl sites for hydroxylation is 1. The SMILES string of the molecule is Cn1cc(C(N)C(=O)N2CC(O)(C3CC3)C2)cn1. The summed E-state index contributed by atoms with van der Waals surface area (Å²) < 4.78 is 1.62. The molecule has 3 rings (SSSR count). The van der Waals surface area contributed by atoms with Crippen LogP contribution in [0.4, 0.5) is 0 Å². The van der Waals surface area contributed by atoms with E-state index in [4.69, 9.17) is 5.73 Å². The molecule has 6 nitrogen and oxygen atoms in total. The molecule has 2 aliphatic rings. The molecule has 1 amide bonds. The van der Waals surface area contributed by atoms with Crippen molar-refractivity contribution < 1.29 is 9.90 Å². The van der Waals surface area contributed by atoms with Crippen LogP contribution in [0.1, 0.15) is 24.4 Å². The van der Waals surface area contributed by atoms with Gasteiger partial charge in [-0.15, -0.1) is 0 Å². The van der Waals surface area contributed by atoms with Gasteiger partial charge in [-0.2, -0.15) is 5.10 Å². The van der Waals surface area contributed by atoms with Crippen LogP contribution in [-0.4, -0.2) is 44.4 Å². The van der Waals surface area contributed by atoms with Gasteiger partial charge in [-0.05, 0) is 18.8 Å². The first-order valence-electron chi connectivity index (χ1n) is 6.25. The number of rotatable bonds is 3. The number of β-amino-alcohol motifs (C(OH)–C–C–N with tert-alkyl or cyclic N) is 1. The van der Waals surface area contributed by atoms with Crippen molar-refractivity contribution in [3.05, 3.63) is 18.0 Å². The maximum Gasteiger partial charge on any atom is 0.244 e. The third kappa shape index (κ3) is 1.81. The Labute approximate surface area is 105 Å². The number of hydrogen-bond donors (Lipinski definition) is 2. The first-order chi connectivity index (χ1) is 8.49. The Balaban J connectivity index is 1.62. The fraction of sp³-hybridized carbons (Fsp3) is 0.667. The Bertz CT molecular complexity index is 474. The molecule has 3 N–H and O–H groups in total. The van der Waals surface area contributed by atoms with Crippen LogP contribution in [-0.2, 0) is 11.8 Å². The predicted molar refractivity (Wildman–Crippen MR) is 64.4 cm³/mol. The third-order valence-corrected chi connectivity index (χ3v) is 3.93. The Morgan fingerprint density at radius 3 is 2.78 bits per heavy atom. The number of carbonyl (C=O) groups excluding carboxylic acids is 1. The molecule has 1 saturated carbocycles. The van der Waals surface area contributed by atoms with Gasteiger partial charge in [0.05, 0.1) is 19.3 Å². The smallest absolute Gasteiger partial charge is 0.244 e. The van der Waals surface area contributed by atoms with Crippen molar-refractivity contribution >= 4 is 5.91 Å². The topological polar surface area (TPSA) is 84.4 Å². The standard InChI is InChI=1S/C12H18N4O2/c1-15-5-8(4-14-15)10(13)11(17)16-6-12(18,7-16)9-2-3-9/h4-5,9-10,18H,2-3,6-7,13H2,1H3. The number of carbonyl (C=O) groups is 1. The van der Waals surface area contributed by atoms with E-state index in [-0.39, 0.29) is 5.91 Å². The molecule has 1 atom stereocenters. The highest BCUT2D eigenvalue weighted by molar-refractivity contribution is 5.84. The molecule has 0 spiro atoms. The van der Waals surface area contributed by atoms with Crippen molar-refractivity contribution in [1.29, 1.82) is 0 Å². The average Bonchev–Trinajstić information content (AvgIpc) is 3.06. The average molecular weight is 250 g/mol. The Morgan fingerprint density at radius 2 is 2.28 bits per heavy atom. The number of nitrogens with zero attached hydrogens (tertiary/aromatic N) is 3. The lowest BCUT2D eigenvalue weighted by Crippen LogP contribution is -2.65. The van der Waals surface area contributed by atoms with Gasteiger partial charge in [0.2, 0.25) is 5.91 Å². The van der Waals surface area contributed by atoms with Gasteiger partial charge in [-0.1, -0.05) is 0 Å². The van der Waals surface area contributed by atoms with Crippen LogP contribution in [0.15, 0.2) is 12.4 Å². The van der Waals surface area contributed by atoms with Crippen molar-refractivity contribution in [3.8, 4) is 0 Å². The van der Waals surface area contributed by atoms with Crippen molar-refractivity contribution in [2.45, 2.75) is 24.5 Å². The molecule has 18 heavy (non-hydrogen) atoms. The van der Waals surface area contributed by atoms with Crippen LogP contribution in [0.3, 0.4) is 0 Å². The molecule has 1 aliphatic heterocycles. The second-order valence-corrected chi connectivity index (χ2v) is 5.50. The molecule has 0 radical (unpaired) electrons. The summed E-state index contributed by atoms with van der Waals surface area (Å²) in [7, 11) is 1.79. The Kier molecular flexibility index (Phi) is 2.46. The van der Waals surface area contributed by atoms with E-state index in [9.17, 15) is 9.90 Å². The minimum absolute atomic E-state index is 0.131. The van der Waals surface area contributed by atoms with E-state index in [2.05, 4.69) is 5.10 Å². The zero-order chi connectivity index (χ0) is 12.9. The summed E-state index contributed by atoms with van der Waals surface area (Å²) in [5.74, 6) is 0.254. The van der Waals surface area contributed by atoms with E-state index in [1.165, 1.54) is 0 Å². The van der Waals surface area contributed by atoms with Gasteiger partial charge >= 0.3 is 0 Å². The van der Waals surface area contributed by atoms with Crippen molar-refractivity contribution in [2.24, 2.45) is 18.7 Å².